The predicted molar refractivity (Wildman–Crippen MR) is 225 cm³/mol. The van der Waals surface area contributed by atoms with Gasteiger partial charge in [0.2, 0.25) is 0 Å². The first-order valence-electron chi connectivity index (χ1n) is 19.0. The van der Waals surface area contributed by atoms with Crippen LogP contribution in [0.5, 0.6) is 0 Å². The Labute approximate surface area is 309 Å². The van der Waals surface area contributed by atoms with Gasteiger partial charge in [0, 0.05) is 0 Å². The third-order valence-electron chi connectivity index (χ3n) is 7.71. The van der Waals surface area contributed by atoms with Gasteiger partial charge in [0.05, 0.1) is 0 Å². The second-order valence-electron chi connectivity index (χ2n) is 17.8. The van der Waals surface area contributed by atoms with Crippen molar-refractivity contribution in [1.82, 2.24) is 0 Å². The highest BCUT2D eigenvalue weighted by Crippen LogP contribution is 2.43. The summed E-state index contributed by atoms with van der Waals surface area (Å²) >= 11 is 0. The lowest BCUT2D eigenvalue weighted by Crippen LogP contribution is -2.63. The Balaban J connectivity index is 7.26. The maximum absolute atomic E-state index is 8.15. The van der Waals surface area contributed by atoms with Crippen LogP contribution < -0.4 is 0 Å². The first-order valence-corrected chi connectivity index (χ1v) is 32.0. The van der Waals surface area contributed by atoms with E-state index < -0.39 is 64.7 Å². The fourth-order valence-electron chi connectivity index (χ4n) is 7.50. The molecule has 0 spiro atoms. The van der Waals surface area contributed by atoms with Crippen molar-refractivity contribution in [2.24, 2.45) is 47.3 Å². The third-order valence-corrected chi connectivity index (χ3v) is 34.1. The molecular formula is C32H82O7Si8. The van der Waals surface area contributed by atoms with Crippen LogP contribution in [-0.2, 0) is 28.8 Å². The Kier molecular flexibility index (Phi) is 25.4. The van der Waals surface area contributed by atoms with Crippen LogP contribution in [0.3, 0.4) is 0 Å². The summed E-state index contributed by atoms with van der Waals surface area (Å²) < 4.78 is 47.6. The maximum atomic E-state index is 8.15. The van der Waals surface area contributed by atoms with Gasteiger partial charge in [0.25, 0.3) is 30.0 Å². The van der Waals surface area contributed by atoms with Crippen LogP contribution in [0.2, 0.25) is 48.4 Å². The molecule has 0 aromatic rings. The fraction of sp³-hybridized carbons (Fsp3) is 1.00. The van der Waals surface area contributed by atoms with Gasteiger partial charge in [0.15, 0.2) is 8.32 Å². The van der Waals surface area contributed by atoms with Crippen LogP contribution >= 0.6 is 0 Å². The SMILES string of the molecule is CC(C)C[SiH](O[SiH2]O[SiH2]O[SiH2]O[SiH3])O[Si](CC(C)C)(CC(C)C)O[Si](CC(C)C)(CC(C)C)O[Si](CC(C)C)(CC(C)C)CC(C)C. The van der Waals surface area contributed by atoms with Gasteiger partial charge < -0.3 is 28.8 Å². The van der Waals surface area contributed by atoms with Crippen LogP contribution in [0.25, 0.3) is 0 Å². The first-order chi connectivity index (χ1) is 21.7. The summed E-state index contributed by atoms with van der Waals surface area (Å²) in [5, 5.41) is 0. The van der Waals surface area contributed by atoms with Gasteiger partial charge in [-0.1, -0.05) is 111 Å². The number of hydrogen-bond donors (Lipinski definition) is 0. The van der Waals surface area contributed by atoms with Crippen molar-refractivity contribution in [1.29, 1.82) is 0 Å². The van der Waals surface area contributed by atoms with E-state index in [0.29, 0.717) is 47.3 Å². The van der Waals surface area contributed by atoms with E-state index >= 15 is 0 Å². The molecule has 0 bridgehead atoms. The highest BCUT2D eigenvalue weighted by molar-refractivity contribution is 6.90. The van der Waals surface area contributed by atoms with Crippen LogP contribution in [0.15, 0.2) is 0 Å². The van der Waals surface area contributed by atoms with Gasteiger partial charge in [-0.25, -0.2) is 0 Å². The highest BCUT2D eigenvalue weighted by atomic mass is 28.5. The molecule has 0 aliphatic rings. The lowest BCUT2D eigenvalue weighted by molar-refractivity contribution is 0.259. The van der Waals surface area contributed by atoms with E-state index in [1.165, 1.54) is 18.1 Å². The summed E-state index contributed by atoms with van der Waals surface area (Å²) in [6.45, 7) is 37.9. The molecule has 0 fully saturated rings. The number of hydrogen-bond acceptors (Lipinski definition) is 7. The van der Waals surface area contributed by atoms with Gasteiger partial charge >= 0.3 is 26.4 Å². The minimum Gasteiger partial charge on any atom is -0.449 e. The average Bonchev–Trinajstić information content (AvgIpc) is 2.81. The molecule has 0 rings (SSSR count). The van der Waals surface area contributed by atoms with Crippen molar-refractivity contribution < 1.29 is 28.8 Å². The zero-order valence-electron chi connectivity index (χ0n) is 34.3. The van der Waals surface area contributed by atoms with E-state index in [4.69, 9.17) is 28.8 Å². The Morgan fingerprint density at radius 2 is 0.851 bits per heavy atom. The molecule has 0 aromatic carbocycles. The maximum Gasteiger partial charge on any atom is 0.320 e. The molecule has 0 radical (unpaired) electrons. The molecular weight excluding hydrogens is 721 g/mol. The predicted octanol–water partition coefficient (Wildman–Crippen LogP) is 6.68. The highest BCUT2D eigenvalue weighted by Gasteiger charge is 2.55. The van der Waals surface area contributed by atoms with Gasteiger partial charge in [-0.05, 0) is 95.7 Å². The topological polar surface area (TPSA) is 64.6 Å². The Morgan fingerprint density at radius 3 is 1.21 bits per heavy atom. The van der Waals surface area contributed by atoms with Gasteiger partial charge in [0.1, 0.15) is 10.5 Å². The molecule has 1 unspecified atom stereocenters. The molecule has 0 N–H and O–H groups in total. The second-order valence-corrected chi connectivity index (χ2v) is 38.2. The number of rotatable bonds is 29. The van der Waals surface area contributed by atoms with Crippen molar-refractivity contribution in [2.45, 2.75) is 159 Å². The molecule has 0 aliphatic heterocycles. The van der Waals surface area contributed by atoms with Crippen molar-refractivity contribution >= 4 is 75.2 Å². The first kappa shape index (κ1) is 48.5. The van der Waals surface area contributed by atoms with Crippen molar-refractivity contribution in [3.63, 3.8) is 0 Å². The quantitative estimate of drug-likeness (QED) is 0.0619. The van der Waals surface area contributed by atoms with E-state index in [0.717, 1.165) is 40.7 Å². The minimum atomic E-state index is -2.79. The fourth-order valence-corrected chi connectivity index (χ4v) is 39.2. The van der Waals surface area contributed by atoms with Crippen LogP contribution in [0.1, 0.15) is 111 Å². The van der Waals surface area contributed by atoms with E-state index in [2.05, 4.69) is 111 Å². The van der Waals surface area contributed by atoms with Gasteiger partial charge in [-0.2, -0.15) is 0 Å². The molecule has 7 nitrogen and oxygen atoms in total. The molecule has 47 heavy (non-hydrogen) atoms. The van der Waals surface area contributed by atoms with E-state index in [1.54, 1.807) is 0 Å². The zero-order valence-corrected chi connectivity index (χ0v) is 44.7. The molecule has 284 valence electrons. The molecule has 0 saturated heterocycles. The minimum absolute atomic E-state index is 0.472. The summed E-state index contributed by atoms with van der Waals surface area (Å²) in [4.78, 5) is 0. The van der Waals surface area contributed by atoms with Crippen molar-refractivity contribution in [3.05, 3.63) is 0 Å². The Hall–Kier alpha value is 1.46. The lowest BCUT2D eigenvalue weighted by atomic mass is 10.2. The van der Waals surface area contributed by atoms with Gasteiger partial charge in [-0.15, -0.1) is 0 Å². The largest absolute Gasteiger partial charge is 0.449 e. The molecule has 0 aromatic heterocycles. The molecule has 1 atom stereocenters. The molecule has 0 saturated carbocycles. The van der Waals surface area contributed by atoms with Crippen LogP contribution in [-0.4, -0.2) is 75.2 Å². The summed E-state index contributed by atoms with van der Waals surface area (Å²) in [6, 6.07) is 8.64. The van der Waals surface area contributed by atoms with Crippen molar-refractivity contribution in [3.8, 4) is 0 Å². The summed E-state index contributed by atoms with van der Waals surface area (Å²) in [5.74, 6) is 4.26. The zero-order chi connectivity index (χ0) is 36.4. The van der Waals surface area contributed by atoms with E-state index in [-0.39, 0.29) is 0 Å². The lowest BCUT2D eigenvalue weighted by Gasteiger charge is -2.50. The Bertz CT molecular complexity index is 742. The summed E-state index contributed by atoms with van der Waals surface area (Å²) in [6.07, 6.45) is 0. The van der Waals surface area contributed by atoms with E-state index in [9.17, 15) is 0 Å². The van der Waals surface area contributed by atoms with Gasteiger partial charge in [-0.3, -0.25) is 0 Å². The average molecular weight is 804 g/mol. The Morgan fingerprint density at radius 1 is 0.468 bits per heavy atom. The third kappa shape index (κ3) is 22.9. The van der Waals surface area contributed by atoms with Crippen molar-refractivity contribution in [2.75, 3.05) is 0 Å². The standard InChI is InChI=1S/C32H82O7Si8/c1-25(2)17-44(36-43-35-42-34-41-33-40)37-46(21-29(9)10,22-30(11)12)39-47(23-31(13)14,24-32(15)16)38-45(18-26(3)4,19-27(5)6)20-28(7)8/h25-32,44H,17-24,41-43H2,1-16,40H3. The smallest absolute Gasteiger partial charge is 0.320 e. The molecule has 0 heterocycles. The molecule has 15 heteroatoms. The van der Waals surface area contributed by atoms with Crippen LogP contribution in [0, 0.1) is 47.3 Å². The monoisotopic (exact) mass is 802 g/mol. The summed E-state index contributed by atoms with van der Waals surface area (Å²) in [5.41, 5.74) is 0. The van der Waals surface area contributed by atoms with E-state index in [1.807, 2.05) is 0 Å². The molecule has 0 amide bonds. The summed E-state index contributed by atoms with van der Waals surface area (Å²) in [7, 11) is -12.1. The van der Waals surface area contributed by atoms with Crippen LogP contribution in [0.4, 0.5) is 0 Å². The normalized spacial score (nSPS) is 15.3. The second kappa shape index (κ2) is 24.7. The molecule has 0 aliphatic carbocycles.